The lowest BCUT2D eigenvalue weighted by atomic mass is 10.1. The summed E-state index contributed by atoms with van der Waals surface area (Å²) >= 11 is 0. The molecule has 0 bridgehead atoms. The largest absolute Gasteiger partial charge is 0.355 e. The van der Waals surface area contributed by atoms with Gasteiger partial charge in [-0.15, -0.1) is 0 Å². The van der Waals surface area contributed by atoms with Crippen molar-refractivity contribution in [3.63, 3.8) is 0 Å². The molecule has 1 amide bonds. The molecular weight excluding hydrogens is 243 g/mol. The van der Waals surface area contributed by atoms with Gasteiger partial charge in [0.1, 0.15) is 5.82 Å². The van der Waals surface area contributed by atoms with Crippen molar-refractivity contribution in [1.29, 1.82) is 0 Å². The molecule has 1 aromatic carbocycles. The molecule has 0 spiro atoms. The summed E-state index contributed by atoms with van der Waals surface area (Å²) < 4.78 is 12.9. The Balaban J connectivity index is 2.46. The van der Waals surface area contributed by atoms with Gasteiger partial charge in [-0.05, 0) is 38.1 Å². The van der Waals surface area contributed by atoms with Gasteiger partial charge >= 0.3 is 0 Å². The molecule has 1 atom stereocenters. The van der Waals surface area contributed by atoms with Crippen LogP contribution in [-0.4, -0.2) is 30.9 Å². The zero-order valence-electron chi connectivity index (χ0n) is 11.9. The minimum atomic E-state index is -0.240. The lowest BCUT2D eigenvalue weighted by Crippen LogP contribution is -2.36. The average molecular weight is 266 g/mol. The van der Waals surface area contributed by atoms with Crippen LogP contribution in [-0.2, 0) is 4.79 Å². The highest BCUT2D eigenvalue weighted by Crippen LogP contribution is 2.18. The van der Waals surface area contributed by atoms with Crippen LogP contribution >= 0.6 is 0 Å². The highest BCUT2D eigenvalue weighted by Gasteiger charge is 2.14. The summed E-state index contributed by atoms with van der Waals surface area (Å²) in [5.41, 5.74) is 1.00. The summed E-state index contributed by atoms with van der Waals surface area (Å²) in [6, 6.07) is 6.48. The van der Waals surface area contributed by atoms with Gasteiger partial charge in [0.15, 0.2) is 0 Å². The second-order valence-electron chi connectivity index (χ2n) is 4.85. The fraction of sp³-hybridized carbons (Fsp3) is 0.533. The standard InChI is InChI=1S/C15H23FN2O/c1-4-5-10-17-15(19)11-18(3)12(2)13-6-8-14(16)9-7-13/h6-9,12H,4-5,10-11H2,1-3H3,(H,17,19). The van der Waals surface area contributed by atoms with Crippen LogP contribution in [0.5, 0.6) is 0 Å². The smallest absolute Gasteiger partial charge is 0.234 e. The highest BCUT2D eigenvalue weighted by atomic mass is 19.1. The first kappa shape index (κ1) is 15.6. The van der Waals surface area contributed by atoms with E-state index < -0.39 is 0 Å². The fourth-order valence-corrected chi connectivity index (χ4v) is 1.82. The predicted molar refractivity (Wildman–Crippen MR) is 75.4 cm³/mol. The lowest BCUT2D eigenvalue weighted by Gasteiger charge is -2.24. The summed E-state index contributed by atoms with van der Waals surface area (Å²) in [5.74, 6) is -0.208. The third-order valence-electron chi connectivity index (χ3n) is 3.26. The van der Waals surface area contributed by atoms with Gasteiger partial charge in [0.25, 0.3) is 0 Å². The van der Waals surface area contributed by atoms with Gasteiger partial charge in [-0.25, -0.2) is 4.39 Å². The maximum absolute atomic E-state index is 12.9. The molecule has 1 unspecified atom stereocenters. The zero-order chi connectivity index (χ0) is 14.3. The summed E-state index contributed by atoms with van der Waals surface area (Å²) in [4.78, 5) is 13.7. The molecule has 0 aliphatic heterocycles. The highest BCUT2D eigenvalue weighted by molar-refractivity contribution is 5.77. The number of benzene rings is 1. The van der Waals surface area contributed by atoms with Crippen LogP contribution in [0.3, 0.4) is 0 Å². The van der Waals surface area contributed by atoms with Crippen LogP contribution in [0.1, 0.15) is 38.3 Å². The Morgan fingerprint density at radius 3 is 2.58 bits per heavy atom. The second kappa shape index (κ2) is 7.89. The molecule has 0 fully saturated rings. The zero-order valence-corrected chi connectivity index (χ0v) is 11.9. The van der Waals surface area contributed by atoms with Crippen LogP contribution in [0.25, 0.3) is 0 Å². The minimum Gasteiger partial charge on any atom is -0.355 e. The maximum Gasteiger partial charge on any atom is 0.234 e. The van der Waals surface area contributed by atoms with Crippen LogP contribution in [0.15, 0.2) is 24.3 Å². The molecule has 106 valence electrons. The van der Waals surface area contributed by atoms with E-state index in [9.17, 15) is 9.18 Å². The Morgan fingerprint density at radius 1 is 1.37 bits per heavy atom. The first-order chi connectivity index (χ1) is 9.04. The molecule has 4 heteroatoms. The molecule has 1 N–H and O–H groups in total. The van der Waals surface area contributed by atoms with E-state index >= 15 is 0 Å². The summed E-state index contributed by atoms with van der Waals surface area (Å²) in [6.07, 6.45) is 2.07. The monoisotopic (exact) mass is 266 g/mol. The molecule has 0 saturated heterocycles. The number of halogens is 1. The topological polar surface area (TPSA) is 32.3 Å². The number of likely N-dealkylation sites (N-methyl/N-ethyl adjacent to an activating group) is 1. The Morgan fingerprint density at radius 2 is 2.00 bits per heavy atom. The first-order valence-electron chi connectivity index (χ1n) is 6.77. The van der Waals surface area contributed by atoms with Crippen molar-refractivity contribution in [2.45, 2.75) is 32.7 Å². The average Bonchev–Trinajstić information content (AvgIpc) is 2.39. The number of carbonyl (C=O) groups is 1. The number of nitrogens with zero attached hydrogens (tertiary/aromatic N) is 1. The van der Waals surface area contributed by atoms with Crippen LogP contribution < -0.4 is 5.32 Å². The van der Waals surface area contributed by atoms with E-state index in [-0.39, 0.29) is 17.8 Å². The number of unbranched alkanes of at least 4 members (excludes halogenated alkanes) is 1. The van der Waals surface area contributed by atoms with Gasteiger partial charge in [0.05, 0.1) is 6.54 Å². The summed E-state index contributed by atoms with van der Waals surface area (Å²) in [7, 11) is 1.90. The van der Waals surface area contributed by atoms with Gasteiger partial charge in [-0.3, -0.25) is 9.69 Å². The van der Waals surface area contributed by atoms with E-state index in [1.165, 1.54) is 12.1 Å². The minimum absolute atomic E-state index is 0.0323. The predicted octanol–water partition coefficient (Wildman–Crippen LogP) is 2.73. The van der Waals surface area contributed by atoms with E-state index in [2.05, 4.69) is 12.2 Å². The number of nitrogens with one attached hydrogen (secondary N) is 1. The van der Waals surface area contributed by atoms with Crippen molar-refractivity contribution in [1.82, 2.24) is 10.2 Å². The van der Waals surface area contributed by atoms with Gasteiger partial charge in [-0.2, -0.15) is 0 Å². The van der Waals surface area contributed by atoms with E-state index in [0.29, 0.717) is 6.54 Å². The van der Waals surface area contributed by atoms with Crippen LogP contribution in [0, 0.1) is 5.82 Å². The maximum atomic E-state index is 12.9. The first-order valence-corrected chi connectivity index (χ1v) is 6.77. The molecular formula is C15H23FN2O. The van der Waals surface area contributed by atoms with E-state index in [0.717, 1.165) is 24.9 Å². The van der Waals surface area contributed by atoms with E-state index in [1.54, 1.807) is 12.1 Å². The molecule has 0 saturated carbocycles. The van der Waals surface area contributed by atoms with E-state index in [1.807, 2.05) is 18.9 Å². The second-order valence-corrected chi connectivity index (χ2v) is 4.85. The Kier molecular flexibility index (Phi) is 6.50. The third kappa shape index (κ3) is 5.39. The third-order valence-corrected chi connectivity index (χ3v) is 3.26. The van der Waals surface area contributed by atoms with Gasteiger partial charge in [0, 0.05) is 12.6 Å². The van der Waals surface area contributed by atoms with Crippen molar-refractivity contribution < 1.29 is 9.18 Å². The number of hydrogen-bond acceptors (Lipinski definition) is 2. The van der Waals surface area contributed by atoms with Gasteiger partial charge < -0.3 is 5.32 Å². The number of amides is 1. The van der Waals surface area contributed by atoms with Crippen LogP contribution in [0.4, 0.5) is 4.39 Å². The molecule has 0 radical (unpaired) electrons. The quantitative estimate of drug-likeness (QED) is 0.770. The molecule has 1 rings (SSSR count). The van der Waals surface area contributed by atoms with Crippen molar-refractivity contribution >= 4 is 5.91 Å². The SMILES string of the molecule is CCCCNC(=O)CN(C)C(C)c1ccc(F)cc1. The van der Waals surface area contributed by atoms with Gasteiger partial charge in [-0.1, -0.05) is 25.5 Å². The normalized spacial score (nSPS) is 12.5. The van der Waals surface area contributed by atoms with Gasteiger partial charge in [0.2, 0.25) is 5.91 Å². The molecule has 0 aromatic heterocycles. The number of rotatable bonds is 7. The Bertz CT molecular complexity index is 392. The van der Waals surface area contributed by atoms with E-state index in [4.69, 9.17) is 0 Å². The molecule has 0 heterocycles. The molecule has 1 aromatic rings. The number of hydrogen-bond donors (Lipinski definition) is 1. The lowest BCUT2D eigenvalue weighted by molar-refractivity contribution is -0.122. The summed E-state index contributed by atoms with van der Waals surface area (Å²) in [6.45, 7) is 5.18. The van der Waals surface area contributed by atoms with Crippen molar-refractivity contribution in [2.24, 2.45) is 0 Å². The Hall–Kier alpha value is -1.42. The van der Waals surface area contributed by atoms with Crippen molar-refractivity contribution in [3.8, 4) is 0 Å². The van der Waals surface area contributed by atoms with Crippen molar-refractivity contribution in [2.75, 3.05) is 20.1 Å². The number of carbonyl (C=O) groups excluding carboxylic acids is 1. The Labute approximate surface area is 114 Å². The molecule has 3 nitrogen and oxygen atoms in total. The van der Waals surface area contributed by atoms with Crippen molar-refractivity contribution in [3.05, 3.63) is 35.6 Å². The molecule has 19 heavy (non-hydrogen) atoms. The summed E-state index contributed by atoms with van der Waals surface area (Å²) in [5, 5.41) is 2.89. The molecule has 0 aliphatic rings. The molecule has 0 aliphatic carbocycles. The fourth-order valence-electron chi connectivity index (χ4n) is 1.82. The van der Waals surface area contributed by atoms with Crippen LogP contribution in [0.2, 0.25) is 0 Å².